The number of allylic oxidation sites excluding steroid dienone is 5. The monoisotopic (exact) mass is 438 g/mol. The minimum Gasteiger partial charge on any atom is -0.396 e. The Morgan fingerprint density at radius 3 is 2.53 bits per heavy atom. The van der Waals surface area contributed by atoms with Gasteiger partial charge in [0.25, 0.3) is 0 Å². The standard InChI is InChI=1S/C31H50O/c1-20(2)21(3)10-11-22(4)28-12-13-29-25(9-8-15-30(28,29)7)18-26(14-16-32)31-19-27(31)17-23(5)24(31)6/h10-11,18,20-23,26-29,32H,6,8-9,12-17,19H2,1-5,7H3. The zero-order valence-electron chi connectivity index (χ0n) is 21.9. The Balaban J connectivity index is 1.55. The highest BCUT2D eigenvalue weighted by atomic mass is 16.3. The van der Waals surface area contributed by atoms with Crippen LogP contribution in [0.2, 0.25) is 0 Å². The topological polar surface area (TPSA) is 20.2 Å². The van der Waals surface area contributed by atoms with Gasteiger partial charge in [-0.25, -0.2) is 0 Å². The second kappa shape index (κ2) is 9.09. The molecule has 180 valence electrons. The van der Waals surface area contributed by atoms with Crippen molar-refractivity contribution in [2.24, 2.45) is 58.2 Å². The van der Waals surface area contributed by atoms with E-state index in [1.807, 2.05) is 0 Å². The van der Waals surface area contributed by atoms with Gasteiger partial charge in [-0.2, -0.15) is 0 Å². The van der Waals surface area contributed by atoms with Gasteiger partial charge in [0.15, 0.2) is 0 Å². The van der Waals surface area contributed by atoms with E-state index in [4.69, 9.17) is 0 Å². The summed E-state index contributed by atoms with van der Waals surface area (Å²) < 4.78 is 0. The Bertz CT molecular complexity index is 758. The zero-order chi connectivity index (χ0) is 23.3. The first-order valence-corrected chi connectivity index (χ1v) is 13.8. The summed E-state index contributed by atoms with van der Waals surface area (Å²) in [6.45, 7) is 19.4. The highest BCUT2D eigenvalue weighted by Gasteiger charge is 2.64. The molecule has 0 radical (unpaired) electrons. The third-order valence-electron chi connectivity index (χ3n) is 10.9. The van der Waals surface area contributed by atoms with Gasteiger partial charge in [0.2, 0.25) is 0 Å². The van der Waals surface area contributed by atoms with Gasteiger partial charge < -0.3 is 5.11 Å². The van der Waals surface area contributed by atoms with Crippen LogP contribution in [0.1, 0.15) is 92.9 Å². The molecule has 9 atom stereocenters. The molecule has 4 saturated carbocycles. The van der Waals surface area contributed by atoms with Crippen LogP contribution in [0, 0.1) is 58.2 Å². The van der Waals surface area contributed by atoms with Crippen molar-refractivity contribution >= 4 is 0 Å². The molecule has 0 aromatic rings. The predicted molar refractivity (Wildman–Crippen MR) is 137 cm³/mol. The minimum atomic E-state index is 0.311. The normalized spacial score (nSPS) is 43.0. The first-order chi connectivity index (χ1) is 15.1. The van der Waals surface area contributed by atoms with Crippen LogP contribution in [-0.2, 0) is 0 Å². The fourth-order valence-corrected chi connectivity index (χ4v) is 8.49. The molecular weight excluding hydrogens is 388 g/mol. The quantitative estimate of drug-likeness (QED) is 0.378. The maximum atomic E-state index is 9.94. The number of aliphatic hydroxyl groups excluding tert-OH is 1. The molecule has 32 heavy (non-hydrogen) atoms. The van der Waals surface area contributed by atoms with Crippen molar-refractivity contribution < 1.29 is 5.11 Å². The van der Waals surface area contributed by atoms with E-state index in [9.17, 15) is 5.11 Å². The summed E-state index contributed by atoms with van der Waals surface area (Å²) in [5.41, 5.74) is 4.01. The van der Waals surface area contributed by atoms with E-state index >= 15 is 0 Å². The lowest BCUT2D eigenvalue weighted by Gasteiger charge is -2.44. The second-order valence-corrected chi connectivity index (χ2v) is 12.9. The minimum absolute atomic E-state index is 0.311. The Morgan fingerprint density at radius 2 is 1.91 bits per heavy atom. The van der Waals surface area contributed by atoms with Gasteiger partial charge in [0, 0.05) is 12.0 Å². The van der Waals surface area contributed by atoms with Crippen LogP contribution in [0.5, 0.6) is 0 Å². The molecule has 0 aromatic carbocycles. The Labute approximate surface area is 198 Å². The largest absolute Gasteiger partial charge is 0.396 e. The fraction of sp³-hybridized carbons (Fsp3) is 0.806. The van der Waals surface area contributed by atoms with Gasteiger partial charge in [-0.3, -0.25) is 0 Å². The van der Waals surface area contributed by atoms with Gasteiger partial charge in [0.1, 0.15) is 0 Å². The smallest absolute Gasteiger partial charge is 0.0436 e. The van der Waals surface area contributed by atoms with Gasteiger partial charge in [-0.1, -0.05) is 77.5 Å². The highest BCUT2D eigenvalue weighted by Crippen LogP contribution is 2.72. The van der Waals surface area contributed by atoms with Crippen LogP contribution in [0.25, 0.3) is 0 Å². The van der Waals surface area contributed by atoms with Crippen molar-refractivity contribution in [3.8, 4) is 0 Å². The molecule has 0 aromatic heterocycles. The lowest BCUT2D eigenvalue weighted by molar-refractivity contribution is 0.111. The highest BCUT2D eigenvalue weighted by molar-refractivity contribution is 5.35. The summed E-state index contributed by atoms with van der Waals surface area (Å²) in [4.78, 5) is 0. The second-order valence-electron chi connectivity index (χ2n) is 12.9. The van der Waals surface area contributed by atoms with E-state index in [0.717, 1.165) is 30.1 Å². The summed E-state index contributed by atoms with van der Waals surface area (Å²) in [5.74, 6) is 5.61. The molecule has 9 unspecified atom stereocenters. The number of hydrogen-bond acceptors (Lipinski definition) is 1. The SMILES string of the molecule is C=C1C(C)CC2CC12C(C=C1CCCC2(C)C1CCC2C(C)C=CC(C)C(C)C)CCO. The molecular formula is C31H50O. The van der Waals surface area contributed by atoms with Crippen LogP contribution in [0.15, 0.2) is 36.0 Å². The molecule has 4 aliphatic carbocycles. The number of aliphatic hydroxyl groups is 1. The Kier molecular flexibility index (Phi) is 6.90. The van der Waals surface area contributed by atoms with Crippen molar-refractivity contribution in [3.05, 3.63) is 36.0 Å². The molecule has 4 rings (SSSR count). The summed E-state index contributed by atoms with van der Waals surface area (Å²) in [7, 11) is 0. The van der Waals surface area contributed by atoms with Crippen molar-refractivity contribution in [1.29, 1.82) is 0 Å². The molecule has 4 aliphatic rings. The third kappa shape index (κ3) is 3.99. The molecule has 0 spiro atoms. The van der Waals surface area contributed by atoms with E-state index in [0.29, 0.717) is 41.1 Å². The van der Waals surface area contributed by atoms with Gasteiger partial charge in [-0.15, -0.1) is 0 Å². The average molecular weight is 439 g/mol. The third-order valence-corrected chi connectivity index (χ3v) is 10.9. The summed E-state index contributed by atoms with van der Waals surface area (Å²) >= 11 is 0. The van der Waals surface area contributed by atoms with Crippen molar-refractivity contribution in [2.45, 2.75) is 92.9 Å². The van der Waals surface area contributed by atoms with Crippen LogP contribution >= 0.6 is 0 Å². The maximum Gasteiger partial charge on any atom is 0.0436 e. The van der Waals surface area contributed by atoms with Crippen molar-refractivity contribution in [1.82, 2.24) is 0 Å². The molecule has 1 nitrogen and oxygen atoms in total. The summed E-state index contributed by atoms with van der Waals surface area (Å²) in [6, 6.07) is 0. The zero-order valence-corrected chi connectivity index (χ0v) is 21.9. The van der Waals surface area contributed by atoms with E-state index in [1.165, 1.54) is 50.5 Å². The number of rotatable bonds is 8. The van der Waals surface area contributed by atoms with Crippen LogP contribution < -0.4 is 0 Å². The first-order valence-electron chi connectivity index (χ1n) is 13.8. The van der Waals surface area contributed by atoms with Crippen LogP contribution in [0.4, 0.5) is 0 Å². The number of fused-ring (bicyclic) bond motifs is 2. The molecule has 4 fully saturated rings. The van der Waals surface area contributed by atoms with Crippen molar-refractivity contribution in [2.75, 3.05) is 6.61 Å². The molecule has 0 bridgehead atoms. The molecule has 0 aliphatic heterocycles. The van der Waals surface area contributed by atoms with Gasteiger partial charge in [0.05, 0.1) is 0 Å². The summed E-state index contributed by atoms with van der Waals surface area (Å²) in [6.07, 6.45) is 18.1. The van der Waals surface area contributed by atoms with E-state index in [2.05, 4.69) is 66.3 Å². The van der Waals surface area contributed by atoms with E-state index < -0.39 is 0 Å². The molecule has 0 heterocycles. The molecule has 1 heteroatoms. The maximum absolute atomic E-state index is 9.94. The summed E-state index contributed by atoms with van der Waals surface area (Å²) in [5, 5.41) is 9.94. The van der Waals surface area contributed by atoms with Crippen molar-refractivity contribution in [3.63, 3.8) is 0 Å². The van der Waals surface area contributed by atoms with Crippen LogP contribution in [-0.4, -0.2) is 11.7 Å². The first kappa shape index (κ1) is 24.3. The lowest BCUT2D eigenvalue weighted by Crippen LogP contribution is -2.36. The fourth-order valence-electron chi connectivity index (χ4n) is 8.49. The molecule has 0 amide bonds. The van der Waals surface area contributed by atoms with Gasteiger partial charge >= 0.3 is 0 Å². The predicted octanol–water partition coefficient (Wildman–Crippen LogP) is 8.21. The average Bonchev–Trinajstić information content (AvgIpc) is 3.26. The Hall–Kier alpha value is -0.820. The lowest BCUT2D eigenvalue weighted by atomic mass is 9.60. The Morgan fingerprint density at radius 1 is 1.16 bits per heavy atom. The van der Waals surface area contributed by atoms with E-state index in [1.54, 1.807) is 5.57 Å². The van der Waals surface area contributed by atoms with Crippen LogP contribution in [0.3, 0.4) is 0 Å². The molecule has 0 saturated heterocycles. The van der Waals surface area contributed by atoms with E-state index in [-0.39, 0.29) is 0 Å². The van der Waals surface area contributed by atoms with Gasteiger partial charge in [-0.05, 0) is 104 Å². The number of hydrogen-bond donors (Lipinski definition) is 1. The molecule has 1 N–H and O–H groups in total.